The molecule has 1 unspecified atom stereocenters. The topological polar surface area (TPSA) is 26.7 Å². The van der Waals surface area contributed by atoms with Gasteiger partial charge in [-0.15, -0.1) is 0 Å². The zero-order valence-corrected chi connectivity index (χ0v) is 13.3. The number of rotatable bonds is 6. The summed E-state index contributed by atoms with van der Waals surface area (Å²) in [5.41, 5.74) is 2.54. The first-order valence-electron chi connectivity index (χ1n) is 7.53. The highest BCUT2D eigenvalue weighted by Gasteiger charge is 2.39. The molecule has 2 rings (SSSR count). The third-order valence-corrected chi connectivity index (χ3v) is 4.71. The van der Waals surface area contributed by atoms with Crippen molar-refractivity contribution in [1.29, 1.82) is 0 Å². The normalized spacial score (nSPS) is 19.1. The Bertz CT molecular complexity index is 440. The maximum Gasteiger partial charge on any atom is 0.0916 e. The van der Waals surface area contributed by atoms with Gasteiger partial charge in [-0.1, -0.05) is 29.8 Å². The van der Waals surface area contributed by atoms with Crippen LogP contribution < -0.4 is 0 Å². The van der Waals surface area contributed by atoms with E-state index in [1.54, 1.807) is 0 Å². The Hall–Kier alpha value is -0.900. The van der Waals surface area contributed by atoms with E-state index in [0.717, 1.165) is 12.1 Å². The van der Waals surface area contributed by atoms with E-state index >= 15 is 0 Å². The number of nitrogens with zero attached hydrogens (tertiary/aromatic N) is 2. The van der Waals surface area contributed by atoms with Gasteiger partial charge in [0.05, 0.1) is 6.10 Å². The van der Waals surface area contributed by atoms with Crippen molar-refractivity contribution in [2.45, 2.75) is 37.8 Å². The van der Waals surface area contributed by atoms with Crippen LogP contribution in [0.15, 0.2) is 24.3 Å². The molecule has 0 bridgehead atoms. The summed E-state index contributed by atoms with van der Waals surface area (Å²) in [4.78, 5) is 4.62. The molecule has 1 aromatic rings. The maximum atomic E-state index is 10.4. The Morgan fingerprint density at radius 2 is 1.95 bits per heavy atom. The number of hydrogen-bond acceptors (Lipinski definition) is 3. The zero-order valence-electron chi connectivity index (χ0n) is 13.3. The molecule has 1 atom stereocenters. The van der Waals surface area contributed by atoms with Gasteiger partial charge in [0.1, 0.15) is 0 Å². The van der Waals surface area contributed by atoms with Crippen molar-refractivity contribution in [3.05, 3.63) is 35.4 Å². The highest BCUT2D eigenvalue weighted by atomic mass is 16.3. The number of benzene rings is 1. The first kappa shape index (κ1) is 15.5. The summed E-state index contributed by atoms with van der Waals surface area (Å²) in [6.45, 7) is 3.79. The van der Waals surface area contributed by atoms with Crippen LogP contribution in [0.5, 0.6) is 0 Å². The predicted molar refractivity (Wildman–Crippen MR) is 83.9 cm³/mol. The van der Waals surface area contributed by atoms with E-state index in [0.29, 0.717) is 12.1 Å². The molecule has 1 aliphatic rings. The van der Waals surface area contributed by atoms with Crippen molar-refractivity contribution >= 4 is 0 Å². The Kier molecular flexibility index (Phi) is 4.84. The summed E-state index contributed by atoms with van der Waals surface area (Å²) in [6, 6.07) is 8.16. The molecule has 1 aromatic carbocycles. The Morgan fingerprint density at radius 1 is 1.25 bits per heavy atom. The Labute approximate surface area is 123 Å². The second-order valence-electron chi connectivity index (χ2n) is 6.60. The molecular formula is C17H28N2O. The van der Waals surface area contributed by atoms with E-state index in [-0.39, 0.29) is 0 Å². The van der Waals surface area contributed by atoms with E-state index in [4.69, 9.17) is 0 Å². The highest BCUT2D eigenvalue weighted by Crippen LogP contribution is 2.36. The van der Waals surface area contributed by atoms with Gasteiger partial charge in [0.15, 0.2) is 0 Å². The summed E-state index contributed by atoms with van der Waals surface area (Å²) in [5, 5.41) is 10.4. The van der Waals surface area contributed by atoms with Crippen LogP contribution in [-0.2, 0) is 0 Å². The second kappa shape index (κ2) is 6.25. The lowest BCUT2D eigenvalue weighted by Gasteiger charge is -2.49. The minimum atomic E-state index is -0.404. The molecule has 3 nitrogen and oxygen atoms in total. The van der Waals surface area contributed by atoms with Gasteiger partial charge in [0.25, 0.3) is 0 Å². The van der Waals surface area contributed by atoms with Crippen molar-refractivity contribution in [1.82, 2.24) is 9.80 Å². The van der Waals surface area contributed by atoms with Gasteiger partial charge >= 0.3 is 0 Å². The molecular weight excluding hydrogens is 248 g/mol. The highest BCUT2D eigenvalue weighted by molar-refractivity contribution is 5.24. The van der Waals surface area contributed by atoms with Crippen LogP contribution in [0.2, 0.25) is 0 Å². The average Bonchev–Trinajstić information content (AvgIpc) is 2.33. The van der Waals surface area contributed by atoms with Gasteiger partial charge in [-0.25, -0.2) is 0 Å². The van der Waals surface area contributed by atoms with Crippen LogP contribution in [0.3, 0.4) is 0 Å². The van der Waals surface area contributed by atoms with Crippen LogP contribution in [0.1, 0.15) is 36.5 Å². The molecule has 3 heteroatoms. The number of aliphatic hydroxyl groups is 1. The predicted octanol–water partition coefficient (Wildman–Crippen LogP) is 2.44. The standard InChI is InChI=1S/C17H28N2O/c1-14-7-5-8-15(11-14)16(20)12-19(4)13-17(18(2)3)9-6-10-17/h5,7-8,11,16,20H,6,9-10,12-13H2,1-4H3. The minimum absolute atomic E-state index is 0.321. The first-order valence-corrected chi connectivity index (χ1v) is 7.53. The van der Waals surface area contributed by atoms with Crippen molar-refractivity contribution in [3.63, 3.8) is 0 Å². The Balaban J connectivity index is 1.92. The van der Waals surface area contributed by atoms with Crippen LogP contribution in [-0.4, -0.2) is 54.7 Å². The lowest BCUT2D eigenvalue weighted by Crippen LogP contribution is -2.57. The number of hydrogen-bond donors (Lipinski definition) is 1. The molecule has 0 aromatic heterocycles. The van der Waals surface area contributed by atoms with Gasteiger partial charge < -0.3 is 14.9 Å². The molecule has 1 saturated carbocycles. The van der Waals surface area contributed by atoms with Gasteiger partial charge in [-0.3, -0.25) is 0 Å². The number of likely N-dealkylation sites (N-methyl/N-ethyl adjacent to an activating group) is 2. The largest absolute Gasteiger partial charge is 0.387 e. The summed E-state index contributed by atoms with van der Waals surface area (Å²) in [6.07, 6.45) is 3.46. The van der Waals surface area contributed by atoms with E-state index in [1.165, 1.54) is 24.8 Å². The monoisotopic (exact) mass is 276 g/mol. The van der Waals surface area contributed by atoms with Gasteiger partial charge in [0.2, 0.25) is 0 Å². The first-order chi connectivity index (χ1) is 9.43. The molecule has 1 aliphatic carbocycles. The van der Waals surface area contributed by atoms with Gasteiger partial charge in [0, 0.05) is 18.6 Å². The quantitative estimate of drug-likeness (QED) is 0.864. The zero-order chi connectivity index (χ0) is 14.8. The van der Waals surface area contributed by atoms with E-state index in [2.05, 4.69) is 50.0 Å². The maximum absolute atomic E-state index is 10.4. The van der Waals surface area contributed by atoms with Crippen molar-refractivity contribution in [2.24, 2.45) is 0 Å². The lowest BCUT2D eigenvalue weighted by molar-refractivity contribution is 0.0146. The fraction of sp³-hybridized carbons (Fsp3) is 0.647. The fourth-order valence-corrected chi connectivity index (χ4v) is 3.18. The second-order valence-corrected chi connectivity index (χ2v) is 6.60. The van der Waals surface area contributed by atoms with Crippen molar-refractivity contribution in [3.8, 4) is 0 Å². The van der Waals surface area contributed by atoms with Gasteiger partial charge in [-0.2, -0.15) is 0 Å². The van der Waals surface area contributed by atoms with E-state index in [1.807, 2.05) is 12.1 Å². The molecule has 0 radical (unpaired) electrons. The SMILES string of the molecule is Cc1cccc(C(O)CN(C)CC2(N(C)C)CCC2)c1. The fourth-order valence-electron chi connectivity index (χ4n) is 3.18. The molecule has 112 valence electrons. The molecule has 0 saturated heterocycles. The van der Waals surface area contributed by atoms with E-state index in [9.17, 15) is 5.11 Å². The van der Waals surface area contributed by atoms with Crippen molar-refractivity contribution < 1.29 is 5.11 Å². The average molecular weight is 276 g/mol. The third kappa shape index (κ3) is 3.40. The molecule has 20 heavy (non-hydrogen) atoms. The molecule has 0 heterocycles. The van der Waals surface area contributed by atoms with Crippen LogP contribution in [0.25, 0.3) is 0 Å². The smallest absolute Gasteiger partial charge is 0.0916 e. The molecule has 1 N–H and O–H groups in total. The summed E-state index contributed by atoms with van der Waals surface area (Å²) in [7, 11) is 6.45. The summed E-state index contributed by atoms with van der Waals surface area (Å²) in [5.74, 6) is 0. The van der Waals surface area contributed by atoms with Gasteiger partial charge in [-0.05, 0) is 52.9 Å². The third-order valence-electron chi connectivity index (χ3n) is 4.71. The van der Waals surface area contributed by atoms with Crippen LogP contribution in [0.4, 0.5) is 0 Å². The lowest BCUT2D eigenvalue weighted by atomic mass is 9.75. The van der Waals surface area contributed by atoms with Crippen molar-refractivity contribution in [2.75, 3.05) is 34.2 Å². The molecule has 1 fully saturated rings. The minimum Gasteiger partial charge on any atom is -0.387 e. The molecule has 0 amide bonds. The van der Waals surface area contributed by atoms with Crippen LogP contribution in [0, 0.1) is 6.92 Å². The molecule has 0 aliphatic heterocycles. The summed E-state index contributed by atoms with van der Waals surface area (Å²) >= 11 is 0. The summed E-state index contributed by atoms with van der Waals surface area (Å²) < 4.78 is 0. The Morgan fingerprint density at radius 3 is 2.45 bits per heavy atom. The molecule has 0 spiro atoms. The number of aryl methyl sites for hydroxylation is 1. The number of aliphatic hydroxyl groups excluding tert-OH is 1. The van der Waals surface area contributed by atoms with Crippen LogP contribution >= 0.6 is 0 Å². The van der Waals surface area contributed by atoms with E-state index < -0.39 is 6.10 Å².